The van der Waals surface area contributed by atoms with Crippen molar-refractivity contribution in [3.05, 3.63) is 76.6 Å². The smallest absolute Gasteiger partial charge is 0.266 e. The van der Waals surface area contributed by atoms with Crippen LogP contribution >= 0.6 is 11.6 Å². The molecule has 0 fully saturated rings. The fourth-order valence-corrected chi connectivity index (χ4v) is 2.41. The van der Waals surface area contributed by atoms with Crippen molar-refractivity contribution in [3.8, 4) is 17.5 Å². The SMILES string of the molecule is Cc1ccc(-c2nc(/C=C(/C#N)C(=O)Nc3ccccc3Cl)co2)cc1. The highest BCUT2D eigenvalue weighted by atomic mass is 35.5. The Kier molecular flexibility index (Phi) is 5.16. The number of halogens is 1. The number of anilines is 1. The van der Waals surface area contributed by atoms with Crippen LogP contribution in [-0.2, 0) is 4.79 Å². The first kappa shape index (κ1) is 17.5. The molecule has 0 radical (unpaired) electrons. The number of carbonyl (C=O) groups is 1. The average Bonchev–Trinajstić information content (AvgIpc) is 3.10. The summed E-state index contributed by atoms with van der Waals surface area (Å²) in [5.74, 6) is -0.152. The van der Waals surface area contributed by atoms with E-state index in [4.69, 9.17) is 16.0 Å². The second kappa shape index (κ2) is 7.68. The molecule has 3 aromatic rings. The number of nitrogens with one attached hydrogen (secondary N) is 1. The molecule has 0 aliphatic rings. The minimum Gasteiger partial charge on any atom is -0.444 e. The topological polar surface area (TPSA) is 78.9 Å². The molecule has 6 heteroatoms. The Hall–Kier alpha value is -3.36. The molecule has 2 aromatic carbocycles. The molecule has 0 atom stereocenters. The van der Waals surface area contributed by atoms with Gasteiger partial charge in [-0.15, -0.1) is 0 Å². The Morgan fingerprint density at radius 3 is 2.65 bits per heavy atom. The van der Waals surface area contributed by atoms with Gasteiger partial charge < -0.3 is 9.73 Å². The second-order valence-electron chi connectivity index (χ2n) is 5.55. The lowest BCUT2D eigenvalue weighted by molar-refractivity contribution is -0.112. The fourth-order valence-electron chi connectivity index (χ4n) is 2.23. The van der Waals surface area contributed by atoms with Crippen LogP contribution in [0.3, 0.4) is 0 Å². The third-order valence-electron chi connectivity index (χ3n) is 3.60. The number of nitrogens with zero attached hydrogens (tertiary/aromatic N) is 2. The van der Waals surface area contributed by atoms with Crippen LogP contribution in [0.1, 0.15) is 11.3 Å². The van der Waals surface area contributed by atoms with Crippen molar-refractivity contribution in [1.82, 2.24) is 4.98 Å². The quantitative estimate of drug-likeness (QED) is 0.531. The molecular weight excluding hydrogens is 350 g/mol. The van der Waals surface area contributed by atoms with Crippen molar-refractivity contribution >= 4 is 29.3 Å². The van der Waals surface area contributed by atoms with Gasteiger partial charge >= 0.3 is 0 Å². The molecule has 0 saturated heterocycles. The van der Waals surface area contributed by atoms with E-state index in [0.717, 1.165) is 11.1 Å². The summed E-state index contributed by atoms with van der Waals surface area (Å²) >= 11 is 6.01. The molecule has 26 heavy (non-hydrogen) atoms. The number of nitriles is 1. The van der Waals surface area contributed by atoms with Gasteiger partial charge in [-0.1, -0.05) is 41.4 Å². The maximum Gasteiger partial charge on any atom is 0.266 e. The molecule has 5 nitrogen and oxygen atoms in total. The van der Waals surface area contributed by atoms with Gasteiger partial charge in [0.25, 0.3) is 5.91 Å². The highest BCUT2D eigenvalue weighted by Crippen LogP contribution is 2.22. The Balaban J connectivity index is 1.81. The van der Waals surface area contributed by atoms with E-state index in [1.165, 1.54) is 12.3 Å². The first-order valence-electron chi connectivity index (χ1n) is 7.77. The van der Waals surface area contributed by atoms with Gasteiger partial charge in [0.2, 0.25) is 5.89 Å². The van der Waals surface area contributed by atoms with Gasteiger partial charge in [-0.2, -0.15) is 5.26 Å². The molecule has 0 aliphatic heterocycles. The number of hydrogen-bond acceptors (Lipinski definition) is 4. The fraction of sp³-hybridized carbons (Fsp3) is 0.0500. The van der Waals surface area contributed by atoms with Crippen molar-refractivity contribution < 1.29 is 9.21 Å². The summed E-state index contributed by atoms with van der Waals surface area (Å²) in [6, 6.07) is 16.4. The lowest BCUT2D eigenvalue weighted by Crippen LogP contribution is -2.13. The molecule has 0 bridgehead atoms. The van der Waals surface area contributed by atoms with E-state index in [-0.39, 0.29) is 5.57 Å². The molecule has 1 amide bonds. The third-order valence-corrected chi connectivity index (χ3v) is 3.93. The van der Waals surface area contributed by atoms with Gasteiger partial charge in [-0.3, -0.25) is 4.79 Å². The highest BCUT2D eigenvalue weighted by Gasteiger charge is 2.13. The van der Waals surface area contributed by atoms with Crippen LogP contribution in [0.5, 0.6) is 0 Å². The van der Waals surface area contributed by atoms with Gasteiger partial charge in [0.05, 0.1) is 10.7 Å². The van der Waals surface area contributed by atoms with E-state index in [2.05, 4.69) is 10.3 Å². The zero-order chi connectivity index (χ0) is 18.5. The molecule has 0 saturated carbocycles. The maximum absolute atomic E-state index is 12.3. The summed E-state index contributed by atoms with van der Waals surface area (Å²) in [7, 11) is 0. The van der Waals surface area contributed by atoms with Gasteiger partial charge in [-0.05, 0) is 37.3 Å². The van der Waals surface area contributed by atoms with Crippen molar-refractivity contribution in [2.24, 2.45) is 0 Å². The number of amides is 1. The predicted molar refractivity (Wildman–Crippen MR) is 100 cm³/mol. The summed E-state index contributed by atoms with van der Waals surface area (Å²) in [4.78, 5) is 16.6. The Labute approximate surface area is 155 Å². The van der Waals surface area contributed by atoms with Crippen molar-refractivity contribution in [1.29, 1.82) is 5.26 Å². The number of oxazole rings is 1. The number of carbonyl (C=O) groups excluding carboxylic acids is 1. The molecular formula is C20H14ClN3O2. The number of benzene rings is 2. The molecule has 0 unspecified atom stereocenters. The molecule has 0 aliphatic carbocycles. The van der Waals surface area contributed by atoms with Gasteiger partial charge in [0.15, 0.2) is 0 Å². The number of para-hydroxylation sites is 1. The third kappa shape index (κ3) is 4.00. The van der Waals surface area contributed by atoms with E-state index in [9.17, 15) is 10.1 Å². The summed E-state index contributed by atoms with van der Waals surface area (Å²) < 4.78 is 5.44. The predicted octanol–water partition coefficient (Wildman–Crippen LogP) is 4.85. The number of rotatable bonds is 4. The van der Waals surface area contributed by atoms with E-state index in [1.54, 1.807) is 24.3 Å². The van der Waals surface area contributed by atoms with Crippen LogP contribution in [0.15, 0.2) is 64.8 Å². The zero-order valence-electron chi connectivity index (χ0n) is 13.9. The van der Waals surface area contributed by atoms with E-state index in [0.29, 0.717) is 22.3 Å². The Morgan fingerprint density at radius 1 is 1.23 bits per heavy atom. The first-order valence-corrected chi connectivity index (χ1v) is 8.15. The summed E-state index contributed by atoms with van der Waals surface area (Å²) in [5, 5.41) is 12.3. The van der Waals surface area contributed by atoms with Crippen molar-refractivity contribution in [2.45, 2.75) is 6.92 Å². The van der Waals surface area contributed by atoms with Crippen LogP contribution in [-0.4, -0.2) is 10.9 Å². The number of hydrogen-bond donors (Lipinski definition) is 1. The molecule has 1 heterocycles. The van der Waals surface area contributed by atoms with Crippen LogP contribution < -0.4 is 5.32 Å². The lowest BCUT2D eigenvalue weighted by atomic mass is 10.1. The average molecular weight is 364 g/mol. The Bertz CT molecular complexity index is 1010. The standard InChI is InChI=1S/C20H14ClN3O2/c1-13-6-8-14(9-7-13)20-23-16(12-26-20)10-15(11-22)19(25)24-18-5-3-2-4-17(18)21/h2-10,12H,1H3,(H,24,25)/b15-10-. The van der Waals surface area contributed by atoms with Crippen molar-refractivity contribution in [3.63, 3.8) is 0 Å². The first-order chi connectivity index (χ1) is 12.6. The highest BCUT2D eigenvalue weighted by molar-refractivity contribution is 6.34. The minimum absolute atomic E-state index is 0.103. The molecule has 1 aromatic heterocycles. The maximum atomic E-state index is 12.3. The summed E-state index contributed by atoms with van der Waals surface area (Å²) in [6.07, 6.45) is 2.77. The zero-order valence-corrected chi connectivity index (χ0v) is 14.6. The number of aryl methyl sites for hydroxylation is 1. The van der Waals surface area contributed by atoms with Crippen LogP contribution in [0, 0.1) is 18.3 Å². The minimum atomic E-state index is -0.569. The molecule has 3 rings (SSSR count). The van der Waals surface area contributed by atoms with Crippen LogP contribution in [0.25, 0.3) is 17.5 Å². The van der Waals surface area contributed by atoms with Gasteiger partial charge in [0.1, 0.15) is 23.6 Å². The van der Waals surface area contributed by atoms with E-state index in [1.807, 2.05) is 37.3 Å². The second-order valence-corrected chi connectivity index (χ2v) is 5.95. The largest absolute Gasteiger partial charge is 0.444 e. The normalized spacial score (nSPS) is 11.0. The summed E-state index contributed by atoms with van der Waals surface area (Å²) in [5.41, 5.74) is 2.65. The molecule has 128 valence electrons. The van der Waals surface area contributed by atoms with E-state index < -0.39 is 5.91 Å². The molecule has 1 N–H and O–H groups in total. The lowest BCUT2D eigenvalue weighted by Gasteiger charge is -2.05. The number of aromatic nitrogens is 1. The summed E-state index contributed by atoms with van der Waals surface area (Å²) in [6.45, 7) is 1.99. The van der Waals surface area contributed by atoms with Gasteiger partial charge in [0, 0.05) is 5.56 Å². The molecule has 0 spiro atoms. The van der Waals surface area contributed by atoms with Gasteiger partial charge in [-0.25, -0.2) is 4.98 Å². The van der Waals surface area contributed by atoms with Crippen LogP contribution in [0.4, 0.5) is 5.69 Å². The van der Waals surface area contributed by atoms with Crippen molar-refractivity contribution in [2.75, 3.05) is 5.32 Å². The van der Waals surface area contributed by atoms with E-state index >= 15 is 0 Å². The monoisotopic (exact) mass is 363 g/mol. The Morgan fingerprint density at radius 2 is 1.96 bits per heavy atom. The van der Waals surface area contributed by atoms with Crippen LogP contribution in [0.2, 0.25) is 5.02 Å².